The Morgan fingerprint density at radius 3 is 2.75 bits per heavy atom. The van der Waals surface area contributed by atoms with E-state index in [0.29, 0.717) is 6.42 Å². The molecule has 0 aliphatic carbocycles. The third kappa shape index (κ3) is 4.13. The van der Waals surface area contributed by atoms with Gasteiger partial charge in [0.25, 0.3) is 0 Å². The molecule has 0 radical (unpaired) electrons. The molecule has 4 N–H and O–H groups in total. The molecule has 0 aromatic heterocycles. The minimum absolute atomic E-state index is 0.0624. The van der Waals surface area contributed by atoms with Crippen LogP contribution in [0.4, 0.5) is 0 Å². The summed E-state index contributed by atoms with van der Waals surface area (Å²) in [4.78, 5) is 10.3. The highest BCUT2D eigenvalue weighted by atomic mass is 16.4. The largest absolute Gasteiger partial charge is 0.481 e. The standard InChI is InChI=1S/C12H16N2O2/c13-12(14)10-6-3-5-9(8-10)4-1-2-7-11(15)16/h3,5-6,8H,1-2,4,7H2,(H3,13,14)(H,15,16). The number of amidine groups is 1. The zero-order valence-electron chi connectivity index (χ0n) is 9.07. The van der Waals surface area contributed by atoms with Crippen LogP contribution in [-0.4, -0.2) is 16.9 Å². The number of rotatable bonds is 6. The van der Waals surface area contributed by atoms with Crippen LogP contribution in [0.15, 0.2) is 24.3 Å². The van der Waals surface area contributed by atoms with E-state index < -0.39 is 5.97 Å². The van der Waals surface area contributed by atoms with Crippen molar-refractivity contribution >= 4 is 11.8 Å². The van der Waals surface area contributed by atoms with Gasteiger partial charge in [0, 0.05) is 12.0 Å². The highest BCUT2D eigenvalue weighted by Crippen LogP contribution is 2.09. The lowest BCUT2D eigenvalue weighted by atomic mass is 10.0. The van der Waals surface area contributed by atoms with E-state index in [1.54, 1.807) is 6.07 Å². The Morgan fingerprint density at radius 1 is 1.38 bits per heavy atom. The number of nitrogens with two attached hydrogens (primary N) is 1. The van der Waals surface area contributed by atoms with Gasteiger partial charge in [-0.25, -0.2) is 0 Å². The number of nitrogen functional groups attached to an aromatic ring is 1. The molecule has 0 saturated heterocycles. The van der Waals surface area contributed by atoms with Crippen LogP contribution in [0.1, 0.15) is 30.4 Å². The van der Waals surface area contributed by atoms with E-state index in [-0.39, 0.29) is 12.3 Å². The van der Waals surface area contributed by atoms with Crippen LogP contribution in [0.25, 0.3) is 0 Å². The predicted octanol–water partition coefficient (Wildman–Crippen LogP) is 1.77. The molecule has 86 valence electrons. The smallest absolute Gasteiger partial charge is 0.303 e. The fraction of sp³-hybridized carbons (Fsp3) is 0.333. The lowest BCUT2D eigenvalue weighted by Crippen LogP contribution is -2.11. The molecule has 0 heterocycles. The maximum atomic E-state index is 10.3. The summed E-state index contributed by atoms with van der Waals surface area (Å²) in [6.07, 6.45) is 2.56. The molecule has 0 aliphatic rings. The molecular weight excluding hydrogens is 204 g/mol. The van der Waals surface area contributed by atoms with Crippen LogP contribution in [0, 0.1) is 5.41 Å². The zero-order valence-corrected chi connectivity index (χ0v) is 9.07. The molecule has 0 bridgehead atoms. The lowest BCUT2D eigenvalue weighted by molar-refractivity contribution is -0.137. The second-order valence-corrected chi connectivity index (χ2v) is 3.71. The van der Waals surface area contributed by atoms with Crippen molar-refractivity contribution in [3.8, 4) is 0 Å². The van der Waals surface area contributed by atoms with Crippen LogP contribution >= 0.6 is 0 Å². The van der Waals surface area contributed by atoms with E-state index in [9.17, 15) is 4.79 Å². The van der Waals surface area contributed by atoms with E-state index in [4.69, 9.17) is 16.2 Å². The van der Waals surface area contributed by atoms with Crippen LogP contribution in [-0.2, 0) is 11.2 Å². The zero-order chi connectivity index (χ0) is 12.0. The minimum atomic E-state index is -0.752. The molecular formula is C12H16N2O2. The molecule has 1 aromatic rings. The summed E-state index contributed by atoms with van der Waals surface area (Å²) in [6, 6.07) is 7.50. The van der Waals surface area contributed by atoms with Crippen LogP contribution in [0.3, 0.4) is 0 Å². The Hall–Kier alpha value is -1.84. The average Bonchev–Trinajstić information content (AvgIpc) is 2.24. The number of carbonyl (C=O) groups is 1. The van der Waals surface area contributed by atoms with Gasteiger partial charge < -0.3 is 10.8 Å². The van der Waals surface area contributed by atoms with Crippen molar-refractivity contribution in [3.05, 3.63) is 35.4 Å². The van der Waals surface area contributed by atoms with E-state index >= 15 is 0 Å². The molecule has 1 aromatic carbocycles. The molecule has 4 heteroatoms. The number of carboxylic acid groups (broad SMARTS) is 1. The fourth-order valence-electron chi connectivity index (χ4n) is 1.50. The highest BCUT2D eigenvalue weighted by Gasteiger charge is 2.00. The summed E-state index contributed by atoms with van der Waals surface area (Å²) in [6.45, 7) is 0. The van der Waals surface area contributed by atoms with Gasteiger partial charge in [-0.05, 0) is 30.9 Å². The molecule has 16 heavy (non-hydrogen) atoms. The topological polar surface area (TPSA) is 87.2 Å². The minimum Gasteiger partial charge on any atom is -0.481 e. The van der Waals surface area contributed by atoms with E-state index in [1.807, 2.05) is 18.2 Å². The van der Waals surface area contributed by atoms with Crippen molar-refractivity contribution in [1.82, 2.24) is 0 Å². The SMILES string of the molecule is N=C(N)c1cccc(CCCCC(=O)O)c1. The summed E-state index contributed by atoms with van der Waals surface area (Å²) in [5, 5.41) is 15.8. The van der Waals surface area contributed by atoms with Gasteiger partial charge in [-0.1, -0.05) is 18.2 Å². The first-order valence-corrected chi connectivity index (χ1v) is 5.24. The van der Waals surface area contributed by atoms with Crippen molar-refractivity contribution < 1.29 is 9.90 Å². The summed E-state index contributed by atoms with van der Waals surface area (Å²) < 4.78 is 0. The molecule has 0 fully saturated rings. The maximum absolute atomic E-state index is 10.3. The van der Waals surface area contributed by atoms with Gasteiger partial charge in [0.2, 0.25) is 0 Å². The van der Waals surface area contributed by atoms with Gasteiger partial charge in [-0.15, -0.1) is 0 Å². The molecule has 0 atom stereocenters. The number of aliphatic carboxylic acids is 1. The van der Waals surface area contributed by atoms with Gasteiger partial charge in [0.05, 0.1) is 0 Å². The number of hydrogen-bond donors (Lipinski definition) is 3. The average molecular weight is 220 g/mol. The molecule has 0 spiro atoms. The summed E-state index contributed by atoms with van der Waals surface area (Å²) in [5.41, 5.74) is 7.20. The van der Waals surface area contributed by atoms with E-state index in [2.05, 4.69) is 0 Å². The van der Waals surface area contributed by atoms with Crippen LogP contribution < -0.4 is 5.73 Å². The first kappa shape index (κ1) is 12.2. The first-order chi connectivity index (χ1) is 7.59. The van der Waals surface area contributed by atoms with Crippen molar-refractivity contribution in [2.75, 3.05) is 0 Å². The lowest BCUT2D eigenvalue weighted by Gasteiger charge is -2.03. The second kappa shape index (κ2) is 5.90. The molecule has 1 rings (SSSR count). The van der Waals surface area contributed by atoms with Gasteiger partial charge in [0.1, 0.15) is 5.84 Å². The van der Waals surface area contributed by atoms with E-state index in [0.717, 1.165) is 24.0 Å². The van der Waals surface area contributed by atoms with Gasteiger partial charge in [-0.2, -0.15) is 0 Å². The molecule has 0 unspecified atom stereocenters. The van der Waals surface area contributed by atoms with E-state index in [1.165, 1.54) is 0 Å². The summed E-state index contributed by atoms with van der Waals surface area (Å²) >= 11 is 0. The highest BCUT2D eigenvalue weighted by molar-refractivity contribution is 5.95. The number of unbranched alkanes of at least 4 members (excludes halogenated alkanes) is 1. The van der Waals surface area contributed by atoms with Crippen molar-refractivity contribution in [2.45, 2.75) is 25.7 Å². The fourth-order valence-corrected chi connectivity index (χ4v) is 1.50. The Morgan fingerprint density at radius 2 is 2.12 bits per heavy atom. The van der Waals surface area contributed by atoms with Crippen molar-refractivity contribution in [1.29, 1.82) is 5.41 Å². The number of aryl methyl sites for hydroxylation is 1. The Kier molecular flexibility index (Phi) is 4.51. The molecule has 0 saturated carbocycles. The van der Waals surface area contributed by atoms with Gasteiger partial charge in [0.15, 0.2) is 0 Å². The normalized spacial score (nSPS) is 10.0. The Bertz CT molecular complexity index is 388. The maximum Gasteiger partial charge on any atom is 0.303 e. The molecule has 0 aliphatic heterocycles. The number of hydrogen-bond acceptors (Lipinski definition) is 2. The monoisotopic (exact) mass is 220 g/mol. The number of nitrogens with one attached hydrogen (secondary N) is 1. The number of carboxylic acids is 1. The summed E-state index contributed by atoms with van der Waals surface area (Å²) in [7, 11) is 0. The Balaban J connectivity index is 2.45. The van der Waals surface area contributed by atoms with Crippen molar-refractivity contribution in [2.24, 2.45) is 5.73 Å². The quantitative estimate of drug-likeness (QED) is 0.388. The number of benzene rings is 1. The van der Waals surface area contributed by atoms with Crippen molar-refractivity contribution in [3.63, 3.8) is 0 Å². The first-order valence-electron chi connectivity index (χ1n) is 5.24. The third-order valence-electron chi connectivity index (χ3n) is 2.34. The Labute approximate surface area is 94.6 Å². The predicted molar refractivity (Wildman–Crippen MR) is 62.6 cm³/mol. The summed E-state index contributed by atoms with van der Waals surface area (Å²) in [5.74, 6) is -0.690. The molecule has 4 nitrogen and oxygen atoms in total. The van der Waals surface area contributed by atoms with Gasteiger partial charge >= 0.3 is 5.97 Å². The molecule has 0 amide bonds. The van der Waals surface area contributed by atoms with Crippen LogP contribution in [0.2, 0.25) is 0 Å². The third-order valence-corrected chi connectivity index (χ3v) is 2.34. The second-order valence-electron chi connectivity index (χ2n) is 3.71. The van der Waals surface area contributed by atoms with Gasteiger partial charge in [-0.3, -0.25) is 10.2 Å². The van der Waals surface area contributed by atoms with Crippen LogP contribution in [0.5, 0.6) is 0 Å².